The van der Waals surface area contributed by atoms with E-state index in [1.165, 1.54) is 42.3 Å². The van der Waals surface area contributed by atoms with Crippen LogP contribution in [0.15, 0.2) is 82.1 Å². The first-order valence-electron chi connectivity index (χ1n) is 11.3. The molecule has 0 spiro atoms. The highest BCUT2D eigenvalue weighted by Crippen LogP contribution is 2.33. The number of ether oxygens (including phenoxy) is 1. The maximum atomic E-state index is 12.5. The maximum Gasteiger partial charge on any atom is 0.296 e. The van der Waals surface area contributed by atoms with Crippen LogP contribution in [-0.4, -0.2) is 40.0 Å². The monoisotopic (exact) mass is 544 g/mol. The van der Waals surface area contributed by atoms with Gasteiger partial charge in [-0.25, -0.2) is 4.98 Å². The van der Waals surface area contributed by atoms with Crippen molar-refractivity contribution in [1.29, 1.82) is 0 Å². The number of nitrogens with one attached hydrogen (secondary N) is 1. The predicted molar refractivity (Wildman–Crippen MR) is 151 cm³/mol. The lowest BCUT2D eigenvalue weighted by Gasteiger charge is -2.07. The van der Waals surface area contributed by atoms with Crippen molar-refractivity contribution in [1.82, 2.24) is 4.98 Å². The highest BCUT2D eigenvalue weighted by Gasteiger charge is 2.18. The smallest absolute Gasteiger partial charge is 0.296 e. The summed E-state index contributed by atoms with van der Waals surface area (Å²) in [5, 5.41) is 26.2. The van der Waals surface area contributed by atoms with E-state index in [0.29, 0.717) is 21.3 Å². The van der Waals surface area contributed by atoms with E-state index >= 15 is 0 Å². The summed E-state index contributed by atoms with van der Waals surface area (Å²) in [6.07, 6.45) is 1.65. The third-order valence-electron chi connectivity index (χ3n) is 5.65. The van der Waals surface area contributed by atoms with Crippen molar-refractivity contribution in [3.05, 3.63) is 88.5 Å². The topological polar surface area (TPSA) is 127 Å². The van der Waals surface area contributed by atoms with Crippen LogP contribution in [0.4, 0.5) is 17.1 Å². The van der Waals surface area contributed by atoms with Crippen molar-refractivity contribution in [3.63, 3.8) is 0 Å². The molecule has 0 bridgehead atoms. The summed E-state index contributed by atoms with van der Waals surface area (Å²) in [4.78, 5) is 32.4. The standard InChI is InChI=1S/C27H20N4O5S2/c1-36-18-8-10-21(23(13-18)31(34)35)29-26(33)15-37-27-30-22-9-7-17(12-25(22)38-27)28-14-20-19-5-3-2-4-16(19)6-11-24(20)32/h2-14,32H,15H2,1H3,(H,29,33). The molecule has 0 atom stereocenters. The number of thiazole rings is 1. The number of hydrogen-bond donors (Lipinski definition) is 2. The van der Waals surface area contributed by atoms with Gasteiger partial charge >= 0.3 is 0 Å². The fraction of sp³-hybridized carbons (Fsp3) is 0.0741. The number of nitro groups is 1. The molecule has 1 aromatic heterocycles. The summed E-state index contributed by atoms with van der Waals surface area (Å²) < 4.78 is 6.61. The van der Waals surface area contributed by atoms with E-state index in [-0.39, 0.29) is 28.8 Å². The fourth-order valence-electron chi connectivity index (χ4n) is 3.80. The number of benzene rings is 4. The number of hydrogen-bond acceptors (Lipinski definition) is 9. The average molecular weight is 545 g/mol. The molecular weight excluding hydrogens is 524 g/mol. The molecule has 5 aromatic rings. The number of carbonyl (C=O) groups excluding carboxylic acids is 1. The molecule has 0 fully saturated rings. The summed E-state index contributed by atoms with van der Waals surface area (Å²) >= 11 is 2.67. The lowest BCUT2D eigenvalue weighted by Crippen LogP contribution is -2.15. The number of aliphatic imine (C=N–C) groups is 1. The maximum absolute atomic E-state index is 12.5. The van der Waals surface area contributed by atoms with E-state index in [9.17, 15) is 20.0 Å². The van der Waals surface area contributed by atoms with Crippen molar-refractivity contribution in [2.75, 3.05) is 18.2 Å². The van der Waals surface area contributed by atoms with Crippen LogP contribution in [0.1, 0.15) is 5.56 Å². The van der Waals surface area contributed by atoms with E-state index in [4.69, 9.17) is 4.74 Å². The number of thioether (sulfide) groups is 1. The number of anilines is 1. The van der Waals surface area contributed by atoms with Gasteiger partial charge in [0.1, 0.15) is 17.2 Å². The Morgan fingerprint density at radius 3 is 2.84 bits per heavy atom. The number of phenolic OH excluding ortho intramolecular Hbond substituents is 1. The molecule has 0 aliphatic rings. The Balaban J connectivity index is 1.28. The molecule has 11 heteroatoms. The van der Waals surface area contributed by atoms with E-state index < -0.39 is 4.92 Å². The van der Waals surface area contributed by atoms with Crippen LogP contribution in [0.25, 0.3) is 21.0 Å². The van der Waals surface area contributed by atoms with Crippen LogP contribution >= 0.6 is 23.1 Å². The van der Waals surface area contributed by atoms with E-state index in [0.717, 1.165) is 21.0 Å². The van der Waals surface area contributed by atoms with Gasteiger partial charge in [0, 0.05) is 11.8 Å². The SMILES string of the molecule is COc1ccc(NC(=O)CSc2nc3ccc(N=Cc4c(O)ccc5ccccc45)cc3s2)c([N+](=O)[O-])c1. The predicted octanol–water partition coefficient (Wildman–Crippen LogP) is 6.55. The number of fused-ring (bicyclic) bond motifs is 2. The second kappa shape index (κ2) is 10.9. The highest BCUT2D eigenvalue weighted by molar-refractivity contribution is 8.01. The number of rotatable bonds is 8. The third kappa shape index (κ3) is 5.43. The van der Waals surface area contributed by atoms with Crippen molar-refractivity contribution in [2.45, 2.75) is 4.34 Å². The zero-order valence-corrected chi connectivity index (χ0v) is 21.6. The first-order valence-corrected chi connectivity index (χ1v) is 13.1. The number of amides is 1. The molecule has 0 saturated carbocycles. The molecule has 0 radical (unpaired) electrons. The minimum atomic E-state index is -0.569. The molecule has 1 amide bonds. The second-order valence-electron chi connectivity index (χ2n) is 8.09. The van der Waals surface area contributed by atoms with Gasteiger partial charge in [-0.1, -0.05) is 42.1 Å². The Morgan fingerprint density at radius 1 is 1.18 bits per heavy atom. The van der Waals surface area contributed by atoms with Crippen molar-refractivity contribution in [2.24, 2.45) is 4.99 Å². The fourth-order valence-corrected chi connectivity index (χ4v) is 5.70. The zero-order valence-electron chi connectivity index (χ0n) is 20.0. The van der Waals surface area contributed by atoms with Crippen molar-refractivity contribution in [3.8, 4) is 11.5 Å². The van der Waals surface area contributed by atoms with E-state index in [2.05, 4.69) is 15.3 Å². The minimum absolute atomic E-state index is 0.0361. The lowest BCUT2D eigenvalue weighted by atomic mass is 10.0. The molecule has 5 rings (SSSR count). The van der Waals surface area contributed by atoms with Crippen LogP contribution in [0.5, 0.6) is 11.5 Å². The van der Waals surface area contributed by atoms with Crippen molar-refractivity contribution >= 4 is 73.3 Å². The number of phenols is 1. The number of aromatic nitrogens is 1. The number of aromatic hydroxyl groups is 1. The van der Waals surface area contributed by atoms with E-state index in [1.54, 1.807) is 18.3 Å². The van der Waals surface area contributed by atoms with Gasteiger partial charge in [-0.2, -0.15) is 0 Å². The Morgan fingerprint density at radius 2 is 2.03 bits per heavy atom. The van der Waals surface area contributed by atoms with Crippen LogP contribution in [0.2, 0.25) is 0 Å². The van der Waals surface area contributed by atoms with Gasteiger partial charge in [0.25, 0.3) is 5.69 Å². The summed E-state index contributed by atoms with van der Waals surface area (Å²) in [6.45, 7) is 0. The molecule has 2 N–H and O–H groups in total. The van der Waals surface area contributed by atoms with Gasteiger partial charge in [-0.3, -0.25) is 19.9 Å². The summed E-state index contributed by atoms with van der Waals surface area (Å²) in [6, 6.07) is 21.1. The second-order valence-corrected chi connectivity index (χ2v) is 10.3. The molecule has 0 aliphatic heterocycles. The zero-order chi connectivity index (χ0) is 26.6. The van der Waals surface area contributed by atoms with Crippen LogP contribution in [-0.2, 0) is 4.79 Å². The molecule has 1 heterocycles. The van der Waals surface area contributed by atoms with Gasteiger partial charge in [-0.05, 0) is 47.2 Å². The van der Waals surface area contributed by atoms with Crippen LogP contribution in [0, 0.1) is 10.1 Å². The molecular formula is C27H20N4O5S2. The third-order valence-corrected chi connectivity index (χ3v) is 7.81. The Labute approximate surface area is 225 Å². The highest BCUT2D eigenvalue weighted by atomic mass is 32.2. The quantitative estimate of drug-likeness (QED) is 0.0981. The normalized spacial score (nSPS) is 11.3. The Kier molecular flexibility index (Phi) is 7.20. The van der Waals surface area contributed by atoms with Gasteiger partial charge in [0.15, 0.2) is 4.34 Å². The Bertz CT molecular complexity index is 1720. The molecule has 190 valence electrons. The molecule has 9 nitrogen and oxygen atoms in total. The summed E-state index contributed by atoms with van der Waals surface area (Å²) in [5.41, 5.74) is 1.98. The molecule has 38 heavy (non-hydrogen) atoms. The molecule has 0 unspecified atom stereocenters. The molecule has 4 aromatic carbocycles. The van der Waals surface area contributed by atoms with Gasteiger partial charge in [0.05, 0.1) is 39.8 Å². The van der Waals surface area contributed by atoms with Crippen LogP contribution in [0.3, 0.4) is 0 Å². The van der Waals surface area contributed by atoms with E-state index in [1.807, 2.05) is 48.5 Å². The summed E-state index contributed by atoms with van der Waals surface area (Å²) in [7, 11) is 1.41. The van der Waals surface area contributed by atoms with Gasteiger partial charge < -0.3 is 15.2 Å². The van der Waals surface area contributed by atoms with Crippen molar-refractivity contribution < 1.29 is 19.6 Å². The first kappa shape index (κ1) is 25.2. The first-order chi connectivity index (χ1) is 18.4. The van der Waals surface area contributed by atoms with Gasteiger partial charge in [0.2, 0.25) is 5.91 Å². The lowest BCUT2D eigenvalue weighted by molar-refractivity contribution is -0.384. The molecule has 0 saturated heterocycles. The number of nitrogens with zero attached hydrogens (tertiary/aromatic N) is 3. The van der Waals surface area contributed by atoms with Crippen LogP contribution < -0.4 is 10.1 Å². The number of carbonyl (C=O) groups is 1. The summed E-state index contributed by atoms with van der Waals surface area (Å²) in [5.74, 6) is 0.135. The number of methoxy groups -OCH3 is 1. The average Bonchev–Trinajstić information content (AvgIpc) is 3.34. The molecule has 0 aliphatic carbocycles. The Hall–Kier alpha value is -4.48. The van der Waals surface area contributed by atoms with Gasteiger partial charge in [-0.15, -0.1) is 11.3 Å². The minimum Gasteiger partial charge on any atom is -0.507 e. The largest absolute Gasteiger partial charge is 0.507 e. The number of nitro benzene ring substituents is 1.